The van der Waals surface area contributed by atoms with Crippen molar-refractivity contribution in [2.45, 2.75) is 59.3 Å². The molecule has 0 aliphatic heterocycles. The second-order valence-corrected chi connectivity index (χ2v) is 7.97. The van der Waals surface area contributed by atoms with Gasteiger partial charge in [0.1, 0.15) is 11.6 Å². The number of fused-ring (bicyclic) bond motifs is 1. The summed E-state index contributed by atoms with van der Waals surface area (Å²) in [6, 6.07) is 4.15. The largest absolute Gasteiger partial charge is 0.495 e. The summed E-state index contributed by atoms with van der Waals surface area (Å²) in [4.78, 5) is 9.26. The topological polar surface area (TPSA) is 64.3 Å². The highest BCUT2D eigenvalue weighted by Crippen LogP contribution is 2.34. The van der Waals surface area contributed by atoms with E-state index >= 15 is 0 Å². The van der Waals surface area contributed by atoms with E-state index < -0.39 is 0 Å². The summed E-state index contributed by atoms with van der Waals surface area (Å²) >= 11 is 0. The van der Waals surface area contributed by atoms with Gasteiger partial charge in [0.25, 0.3) is 0 Å². The molecule has 0 amide bonds. The van der Waals surface area contributed by atoms with Gasteiger partial charge < -0.3 is 10.1 Å². The number of aryl methyl sites for hydroxylation is 4. The Labute approximate surface area is 166 Å². The summed E-state index contributed by atoms with van der Waals surface area (Å²) in [6.45, 7) is 6.06. The van der Waals surface area contributed by atoms with Gasteiger partial charge in [0, 0.05) is 5.56 Å². The molecule has 0 atom stereocenters. The zero-order valence-electron chi connectivity index (χ0n) is 17.2. The Morgan fingerprint density at radius 3 is 2.71 bits per heavy atom. The molecule has 2 aromatic heterocycles. The second kappa shape index (κ2) is 7.78. The van der Waals surface area contributed by atoms with Crippen LogP contribution in [-0.2, 0) is 6.42 Å². The summed E-state index contributed by atoms with van der Waals surface area (Å²) in [5.74, 6) is 3.20. The van der Waals surface area contributed by atoms with Crippen LogP contribution >= 0.6 is 0 Å². The third-order valence-electron chi connectivity index (χ3n) is 5.46. The van der Waals surface area contributed by atoms with Gasteiger partial charge in [0.05, 0.1) is 19.0 Å². The van der Waals surface area contributed by atoms with Gasteiger partial charge in [-0.1, -0.05) is 31.7 Å². The van der Waals surface area contributed by atoms with Crippen LogP contribution in [0.15, 0.2) is 18.3 Å². The monoisotopic (exact) mass is 379 g/mol. The van der Waals surface area contributed by atoms with Gasteiger partial charge in [-0.3, -0.25) is 0 Å². The first kappa shape index (κ1) is 18.7. The SMILES string of the molecule is COc1cc(C)cc(C)c1Nc1nc(C)nc2c(CCCCC3CC3)cnn12. The Kier molecular flexibility index (Phi) is 5.20. The van der Waals surface area contributed by atoms with E-state index in [9.17, 15) is 0 Å². The molecule has 1 fully saturated rings. The molecule has 0 bridgehead atoms. The van der Waals surface area contributed by atoms with E-state index in [1.807, 2.05) is 23.7 Å². The average molecular weight is 380 g/mol. The minimum absolute atomic E-state index is 0.664. The molecule has 1 saturated carbocycles. The van der Waals surface area contributed by atoms with Gasteiger partial charge in [-0.2, -0.15) is 14.6 Å². The second-order valence-electron chi connectivity index (χ2n) is 7.97. The molecule has 4 rings (SSSR count). The Hall–Kier alpha value is -2.63. The fourth-order valence-corrected chi connectivity index (χ4v) is 3.80. The van der Waals surface area contributed by atoms with E-state index in [4.69, 9.17) is 4.74 Å². The fraction of sp³-hybridized carbons (Fsp3) is 0.500. The van der Waals surface area contributed by atoms with Crippen LogP contribution in [0.3, 0.4) is 0 Å². The predicted octanol–water partition coefficient (Wildman–Crippen LogP) is 4.92. The minimum atomic E-state index is 0.664. The number of anilines is 2. The number of ether oxygens (including phenoxy) is 1. The molecule has 0 saturated heterocycles. The third-order valence-corrected chi connectivity index (χ3v) is 5.46. The maximum absolute atomic E-state index is 5.58. The van der Waals surface area contributed by atoms with Crippen molar-refractivity contribution in [2.75, 3.05) is 12.4 Å². The van der Waals surface area contributed by atoms with Crippen molar-refractivity contribution in [3.05, 3.63) is 40.8 Å². The number of rotatable bonds is 8. The van der Waals surface area contributed by atoms with Crippen LogP contribution in [0.1, 0.15) is 54.6 Å². The quantitative estimate of drug-likeness (QED) is 0.563. The van der Waals surface area contributed by atoms with E-state index in [1.165, 1.54) is 37.7 Å². The van der Waals surface area contributed by atoms with Gasteiger partial charge in [0.2, 0.25) is 5.95 Å². The van der Waals surface area contributed by atoms with E-state index in [2.05, 4.69) is 40.3 Å². The molecule has 28 heavy (non-hydrogen) atoms. The molecule has 1 aromatic carbocycles. The van der Waals surface area contributed by atoms with E-state index in [0.717, 1.165) is 46.4 Å². The van der Waals surface area contributed by atoms with Crippen LogP contribution < -0.4 is 10.1 Å². The Bertz CT molecular complexity index is 990. The lowest BCUT2D eigenvalue weighted by Crippen LogP contribution is -2.08. The van der Waals surface area contributed by atoms with Crippen molar-refractivity contribution >= 4 is 17.3 Å². The molecule has 1 N–H and O–H groups in total. The summed E-state index contributed by atoms with van der Waals surface area (Å²) in [5.41, 5.74) is 5.27. The molecule has 1 aliphatic rings. The number of nitrogens with one attached hydrogen (secondary N) is 1. The van der Waals surface area contributed by atoms with Gasteiger partial charge >= 0.3 is 0 Å². The molecule has 1 aliphatic carbocycles. The maximum Gasteiger partial charge on any atom is 0.232 e. The fourth-order valence-electron chi connectivity index (χ4n) is 3.80. The predicted molar refractivity (Wildman–Crippen MR) is 112 cm³/mol. The van der Waals surface area contributed by atoms with Crippen LogP contribution in [0, 0.1) is 26.7 Å². The molecular formula is C22H29N5O. The normalized spacial score (nSPS) is 13.9. The standard InChI is InChI=1S/C22H29N5O/c1-14-11-15(2)20(19(12-14)28-4)26-22-25-16(3)24-21-18(13-23-27(21)22)8-6-5-7-17-9-10-17/h11-13,17H,5-10H2,1-4H3,(H,24,25,26). The zero-order valence-corrected chi connectivity index (χ0v) is 17.2. The van der Waals surface area contributed by atoms with Crippen LogP contribution in [0.5, 0.6) is 5.75 Å². The first-order valence-corrected chi connectivity index (χ1v) is 10.2. The number of unbranched alkanes of at least 4 members (excludes halogenated alkanes) is 1. The first-order chi connectivity index (χ1) is 13.5. The smallest absolute Gasteiger partial charge is 0.232 e. The molecule has 0 radical (unpaired) electrons. The lowest BCUT2D eigenvalue weighted by atomic mass is 10.1. The van der Waals surface area contributed by atoms with Crippen molar-refractivity contribution in [3.63, 3.8) is 0 Å². The van der Waals surface area contributed by atoms with E-state index in [0.29, 0.717) is 5.95 Å². The molecule has 6 heteroatoms. The van der Waals surface area contributed by atoms with Crippen LogP contribution in [0.25, 0.3) is 5.65 Å². The molecule has 3 aromatic rings. The lowest BCUT2D eigenvalue weighted by molar-refractivity contribution is 0.416. The number of aromatic nitrogens is 4. The van der Waals surface area contributed by atoms with Crippen molar-refractivity contribution in [1.82, 2.24) is 19.6 Å². The van der Waals surface area contributed by atoms with Crippen LogP contribution in [0.4, 0.5) is 11.6 Å². The third kappa shape index (κ3) is 3.96. The summed E-state index contributed by atoms with van der Waals surface area (Å²) in [7, 11) is 1.69. The number of hydrogen-bond acceptors (Lipinski definition) is 5. The molecule has 6 nitrogen and oxygen atoms in total. The van der Waals surface area contributed by atoms with Gasteiger partial charge in [-0.25, -0.2) is 4.98 Å². The summed E-state index contributed by atoms with van der Waals surface area (Å²) in [5, 5.41) is 8.00. The Morgan fingerprint density at radius 2 is 1.96 bits per heavy atom. The Morgan fingerprint density at radius 1 is 1.14 bits per heavy atom. The molecular weight excluding hydrogens is 350 g/mol. The summed E-state index contributed by atoms with van der Waals surface area (Å²) in [6.07, 6.45) is 9.65. The number of benzene rings is 1. The highest BCUT2D eigenvalue weighted by Gasteiger charge is 2.20. The highest BCUT2D eigenvalue weighted by molar-refractivity contribution is 5.69. The zero-order chi connectivity index (χ0) is 19.7. The highest BCUT2D eigenvalue weighted by atomic mass is 16.5. The number of nitrogens with zero attached hydrogens (tertiary/aromatic N) is 4. The van der Waals surface area contributed by atoms with Crippen molar-refractivity contribution in [1.29, 1.82) is 0 Å². The minimum Gasteiger partial charge on any atom is -0.495 e. The van der Waals surface area contributed by atoms with Gasteiger partial charge in [-0.05, 0) is 56.7 Å². The van der Waals surface area contributed by atoms with E-state index in [1.54, 1.807) is 7.11 Å². The first-order valence-electron chi connectivity index (χ1n) is 10.2. The molecule has 0 unspecified atom stereocenters. The van der Waals surface area contributed by atoms with Crippen molar-refractivity contribution < 1.29 is 4.74 Å². The van der Waals surface area contributed by atoms with Crippen LogP contribution in [0.2, 0.25) is 0 Å². The van der Waals surface area contributed by atoms with Crippen LogP contribution in [-0.4, -0.2) is 26.7 Å². The number of hydrogen-bond donors (Lipinski definition) is 1. The van der Waals surface area contributed by atoms with Crippen molar-refractivity contribution in [3.8, 4) is 5.75 Å². The number of methoxy groups -OCH3 is 1. The molecule has 148 valence electrons. The van der Waals surface area contributed by atoms with Gasteiger partial charge in [0.15, 0.2) is 5.65 Å². The Balaban J connectivity index is 1.61. The summed E-state index contributed by atoms with van der Waals surface area (Å²) < 4.78 is 7.39. The van der Waals surface area contributed by atoms with Crippen molar-refractivity contribution in [2.24, 2.45) is 5.92 Å². The van der Waals surface area contributed by atoms with Gasteiger partial charge in [-0.15, -0.1) is 0 Å². The molecule has 2 heterocycles. The maximum atomic E-state index is 5.58. The lowest BCUT2D eigenvalue weighted by Gasteiger charge is -2.15. The van der Waals surface area contributed by atoms with E-state index in [-0.39, 0.29) is 0 Å². The molecule has 0 spiro atoms. The average Bonchev–Trinajstić information content (AvgIpc) is 3.40.